The maximum Gasteiger partial charge on any atom is 0.323 e. The van der Waals surface area contributed by atoms with E-state index in [1.807, 2.05) is 6.92 Å². The summed E-state index contributed by atoms with van der Waals surface area (Å²) < 4.78 is 4.93. The molecule has 0 aromatic heterocycles. The van der Waals surface area contributed by atoms with Crippen molar-refractivity contribution in [1.29, 1.82) is 0 Å². The minimum atomic E-state index is -0.0935. The van der Waals surface area contributed by atoms with Gasteiger partial charge in [0.2, 0.25) is 0 Å². The first-order chi connectivity index (χ1) is 5.74. The molecule has 1 aliphatic rings. The lowest BCUT2D eigenvalue weighted by Crippen LogP contribution is -2.46. The van der Waals surface area contributed by atoms with E-state index in [4.69, 9.17) is 4.74 Å². The molecule has 3 nitrogen and oxygen atoms in total. The molecule has 0 spiro atoms. The molecule has 1 heterocycles. The van der Waals surface area contributed by atoms with Crippen LogP contribution in [-0.2, 0) is 9.53 Å². The van der Waals surface area contributed by atoms with Crippen LogP contribution in [0, 0.1) is 0 Å². The molecule has 1 rings (SSSR count). The summed E-state index contributed by atoms with van der Waals surface area (Å²) in [7, 11) is 0. The summed E-state index contributed by atoms with van der Waals surface area (Å²) in [5.74, 6) is -0.0935. The van der Waals surface area contributed by atoms with E-state index in [2.05, 4.69) is 12.2 Å². The molecule has 1 saturated heterocycles. The third-order valence-corrected chi connectivity index (χ3v) is 2.19. The van der Waals surface area contributed by atoms with Crippen molar-refractivity contribution in [2.24, 2.45) is 0 Å². The van der Waals surface area contributed by atoms with E-state index >= 15 is 0 Å². The van der Waals surface area contributed by atoms with Crippen molar-refractivity contribution in [2.45, 2.75) is 45.2 Å². The zero-order valence-corrected chi connectivity index (χ0v) is 7.80. The van der Waals surface area contributed by atoms with E-state index < -0.39 is 0 Å². The van der Waals surface area contributed by atoms with Crippen molar-refractivity contribution in [3.8, 4) is 0 Å². The zero-order chi connectivity index (χ0) is 8.97. The highest BCUT2D eigenvalue weighted by atomic mass is 16.5. The standard InChI is InChI=1S/C9H17NO2/c1-3-12-9(11)8-6-4-5-7(2)10-8/h7-8,10H,3-6H2,1-2H3. The van der Waals surface area contributed by atoms with Crippen LogP contribution in [0.25, 0.3) is 0 Å². The molecular formula is C9H17NO2. The van der Waals surface area contributed by atoms with E-state index in [0.717, 1.165) is 19.3 Å². The van der Waals surface area contributed by atoms with Crippen LogP contribution in [-0.4, -0.2) is 24.7 Å². The number of hydrogen-bond donors (Lipinski definition) is 1. The number of nitrogens with one attached hydrogen (secondary N) is 1. The first kappa shape index (κ1) is 9.52. The number of esters is 1. The fourth-order valence-electron chi connectivity index (χ4n) is 1.57. The number of hydrogen-bond acceptors (Lipinski definition) is 3. The Bertz CT molecular complexity index is 159. The average Bonchev–Trinajstić information content (AvgIpc) is 2.05. The van der Waals surface area contributed by atoms with Crippen molar-refractivity contribution in [3.05, 3.63) is 0 Å². The second-order valence-corrected chi connectivity index (χ2v) is 3.30. The number of carbonyl (C=O) groups is 1. The number of piperidine rings is 1. The molecule has 1 fully saturated rings. The van der Waals surface area contributed by atoms with Crippen LogP contribution in [0.4, 0.5) is 0 Å². The second kappa shape index (κ2) is 4.45. The van der Waals surface area contributed by atoms with Gasteiger partial charge in [0.15, 0.2) is 0 Å². The molecule has 70 valence electrons. The van der Waals surface area contributed by atoms with Crippen LogP contribution < -0.4 is 5.32 Å². The Labute approximate surface area is 73.5 Å². The largest absolute Gasteiger partial charge is 0.465 e. The molecule has 0 aromatic carbocycles. The van der Waals surface area contributed by atoms with Gasteiger partial charge in [-0.3, -0.25) is 4.79 Å². The fourth-order valence-corrected chi connectivity index (χ4v) is 1.57. The Morgan fingerprint density at radius 2 is 2.33 bits per heavy atom. The van der Waals surface area contributed by atoms with Crippen LogP contribution in [0.15, 0.2) is 0 Å². The van der Waals surface area contributed by atoms with Gasteiger partial charge in [-0.2, -0.15) is 0 Å². The van der Waals surface area contributed by atoms with Crippen LogP contribution in [0.3, 0.4) is 0 Å². The van der Waals surface area contributed by atoms with Crippen molar-refractivity contribution >= 4 is 5.97 Å². The Morgan fingerprint density at radius 1 is 1.58 bits per heavy atom. The quantitative estimate of drug-likeness (QED) is 0.632. The molecule has 2 unspecified atom stereocenters. The summed E-state index contributed by atoms with van der Waals surface area (Å²) in [5.41, 5.74) is 0. The monoisotopic (exact) mass is 171 g/mol. The third-order valence-electron chi connectivity index (χ3n) is 2.19. The maximum atomic E-state index is 11.3. The van der Waals surface area contributed by atoms with Crippen LogP contribution in [0.1, 0.15) is 33.1 Å². The SMILES string of the molecule is CCOC(=O)C1CCCC(C)N1. The summed E-state index contributed by atoms with van der Waals surface area (Å²) in [6.45, 7) is 4.42. The highest BCUT2D eigenvalue weighted by Crippen LogP contribution is 2.12. The van der Waals surface area contributed by atoms with Gasteiger partial charge in [0.25, 0.3) is 0 Å². The van der Waals surface area contributed by atoms with Crippen LogP contribution in [0.2, 0.25) is 0 Å². The summed E-state index contributed by atoms with van der Waals surface area (Å²) >= 11 is 0. The van der Waals surface area contributed by atoms with Gasteiger partial charge in [0.1, 0.15) is 6.04 Å². The number of carbonyl (C=O) groups excluding carboxylic acids is 1. The number of ether oxygens (including phenoxy) is 1. The van der Waals surface area contributed by atoms with E-state index in [1.165, 1.54) is 0 Å². The molecule has 1 N–H and O–H groups in total. The molecule has 12 heavy (non-hydrogen) atoms. The Kier molecular flexibility index (Phi) is 3.53. The summed E-state index contributed by atoms with van der Waals surface area (Å²) in [4.78, 5) is 11.3. The van der Waals surface area contributed by atoms with Gasteiger partial charge in [-0.25, -0.2) is 0 Å². The van der Waals surface area contributed by atoms with E-state index in [0.29, 0.717) is 12.6 Å². The predicted molar refractivity (Wildman–Crippen MR) is 46.9 cm³/mol. The van der Waals surface area contributed by atoms with Crippen molar-refractivity contribution < 1.29 is 9.53 Å². The smallest absolute Gasteiger partial charge is 0.323 e. The molecule has 0 radical (unpaired) electrons. The molecule has 0 bridgehead atoms. The van der Waals surface area contributed by atoms with Gasteiger partial charge in [0, 0.05) is 6.04 Å². The Balaban J connectivity index is 2.35. The van der Waals surface area contributed by atoms with E-state index in [1.54, 1.807) is 0 Å². The highest BCUT2D eigenvalue weighted by molar-refractivity contribution is 5.75. The number of rotatable bonds is 2. The Morgan fingerprint density at radius 3 is 2.92 bits per heavy atom. The lowest BCUT2D eigenvalue weighted by molar-refractivity contribution is -0.146. The van der Waals surface area contributed by atoms with Crippen LogP contribution >= 0.6 is 0 Å². The average molecular weight is 171 g/mol. The lowest BCUT2D eigenvalue weighted by Gasteiger charge is -2.26. The van der Waals surface area contributed by atoms with Crippen molar-refractivity contribution in [3.63, 3.8) is 0 Å². The van der Waals surface area contributed by atoms with Gasteiger partial charge in [-0.05, 0) is 33.1 Å². The molecule has 3 heteroatoms. The molecule has 0 aliphatic carbocycles. The van der Waals surface area contributed by atoms with E-state index in [-0.39, 0.29) is 12.0 Å². The molecular weight excluding hydrogens is 154 g/mol. The normalized spacial score (nSPS) is 29.8. The maximum absolute atomic E-state index is 11.3. The highest BCUT2D eigenvalue weighted by Gasteiger charge is 2.24. The topological polar surface area (TPSA) is 38.3 Å². The van der Waals surface area contributed by atoms with Gasteiger partial charge >= 0.3 is 5.97 Å². The first-order valence-corrected chi connectivity index (χ1v) is 4.66. The zero-order valence-electron chi connectivity index (χ0n) is 7.80. The molecule has 0 amide bonds. The van der Waals surface area contributed by atoms with Crippen molar-refractivity contribution in [2.75, 3.05) is 6.61 Å². The van der Waals surface area contributed by atoms with Gasteiger partial charge in [0.05, 0.1) is 6.61 Å². The predicted octanol–water partition coefficient (Wildman–Crippen LogP) is 1.08. The van der Waals surface area contributed by atoms with Gasteiger partial charge < -0.3 is 10.1 Å². The molecule has 0 aromatic rings. The van der Waals surface area contributed by atoms with Crippen molar-refractivity contribution in [1.82, 2.24) is 5.32 Å². The summed E-state index contributed by atoms with van der Waals surface area (Å²) in [6.07, 6.45) is 3.21. The summed E-state index contributed by atoms with van der Waals surface area (Å²) in [6, 6.07) is 0.391. The molecule has 2 atom stereocenters. The van der Waals surface area contributed by atoms with Crippen LogP contribution in [0.5, 0.6) is 0 Å². The third kappa shape index (κ3) is 2.48. The lowest BCUT2D eigenvalue weighted by atomic mass is 10.00. The van der Waals surface area contributed by atoms with Gasteiger partial charge in [-0.1, -0.05) is 0 Å². The van der Waals surface area contributed by atoms with Gasteiger partial charge in [-0.15, -0.1) is 0 Å². The second-order valence-electron chi connectivity index (χ2n) is 3.30. The molecule has 0 saturated carbocycles. The van der Waals surface area contributed by atoms with E-state index in [9.17, 15) is 4.79 Å². The first-order valence-electron chi connectivity index (χ1n) is 4.66. The fraction of sp³-hybridized carbons (Fsp3) is 0.889. The minimum Gasteiger partial charge on any atom is -0.465 e. The minimum absolute atomic E-state index is 0.0614. The summed E-state index contributed by atoms with van der Waals surface area (Å²) in [5, 5.41) is 3.23. The Hall–Kier alpha value is -0.570. The molecule has 1 aliphatic heterocycles.